The van der Waals surface area contributed by atoms with Gasteiger partial charge in [0.1, 0.15) is 5.75 Å². The monoisotopic (exact) mass is 278 g/mol. The van der Waals surface area contributed by atoms with E-state index in [2.05, 4.69) is 16.6 Å². The van der Waals surface area contributed by atoms with Crippen LogP contribution in [0.5, 0.6) is 5.75 Å². The van der Waals surface area contributed by atoms with Gasteiger partial charge < -0.3 is 15.4 Å². The summed E-state index contributed by atoms with van der Waals surface area (Å²) in [4.78, 5) is 11.3. The number of amides is 1. The molecule has 1 aliphatic rings. The van der Waals surface area contributed by atoms with Gasteiger partial charge >= 0.3 is 0 Å². The zero-order chi connectivity index (χ0) is 14.7. The Bertz CT molecular complexity index is 732. The fourth-order valence-electron chi connectivity index (χ4n) is 2.16. The second kappa shape index (κ2) is 5.59. The lowest BCUT2D eigenvalue weighted by molar-refractivity contribution is -0.118. The van der Waals surface area contributed by atoms with E-state index in [-0.39, 0.29) is 12.5 Å². The van der Waals surface area contributed by atoms with Crippen LogP contribution in [0, 0.1) is 12.3 Å². The van der Waals surface area contributed by atoms with Crippen LogP contribution in [0.15, 0.2) is 42.5 Å². The molecule has 4 nitrogen and oxygen atoms in total. The SMILES string of the molecule is C#Cc1cccc(NCc2ccc3c(c2)NC(=O)CO3)c1. The molecule has 1 aliphatic heterocycles. The first kappa shape index (κ1) is 13.1. The molecule has 0 saturated heterocycles. The maximum Gasteiger partial charge on any atom is 0.262 e. The Morgan fingerprint density at radius 1 is 1.29 bits per heavy atom. The molecule has 0 fully saturated rings. The Labute approximate surface area is 123 Å². The number of carbonyl (C=O) groups is 1. The second-order valence-electron chi connectivity index (χ2n) is 4.75. The predicted octanol–water partition coefficient (Wildman–Crippen LogP) is 2.61. The summed E-state index contributed by atoms with van der Waals surface area (Å²) in [6.45, 7) is 0.709. The van der Waals surface area contributed by atoms with Gasteiger partial charge in [-0.15, -0.1) is 6.42 Å². The van der Waals surface area contributed by atoms with Crippen molar-refractivity contribution in [3.63, 3.8) is 0 Å². The molecule has 4 heteroatoms. The molecule has 0 bridgehead atoms. The maximum atomic E-state index is 11.3. The first-order valence-corrected chi connectivity index (χ1v) is 6.61. The van der Waals surface area contributed by atoms with Gasteiger partial charge in [-0.1, -0.05) is 18.1 Å². The first-order chi connectivity index (χ1) is 10.2. The molecular weight excluding hydrogens is 264 g/mol. The standard InChI is InChI=1S/C17H14N2O2/c1-2-12-4-3-5-14(8-12)18-10-13-6-7-16-15(9-13)19-17(20)11-21-16/h1,3-9,18H,10-11H2,(H,19,20). The van der Waals surface area contributed by atoms with Crippen molar-refractivity contribution < 1.29 is 9.53 Å². The average molecular weight is 278 g/mol. The summed E-state index contributed by atoms with van der Waals surface area (Å²) < 4.78 is 5.33. The van der Waals surface area contributed by atoms with Crippen LogP contribution in [0.3, 0.4) is 0 Å². The van der Waals surface area contributed by atoms with Gasteiger partial charge in [-0.3, -0.25) is 4.79 Å². The molecule has 0 unspecified atom stereocenters. The van der Waals surface area contributed by atoms with E-state index in [9.17, 15) is 4.79 Å². The Balaban J connectivity index is 1.72. The predicted molar refractivity (Wildman–Crippen MR) is 82.3 cm³/mol. The normalized spacial score (nSPS) is 12.6. The van der Waals surface area contributed by atoms with Crippen LogP contribution in [0.1, 0.15) is 11.1 Å². The molecule has 0 saturated carbocycles. The minimum Gasteiger partial charge on any atom is -0.482 e. The van der Waals surface area contributed by atoms with E-state index < -0.39 is 0 Å². The molecule has 2 aromatic carbocycles. The van der Waals surface area contributed by atoms with Gasteiger partial charge in [0.05, 0.1) is 5.69 Å². The van der Waals surface area contributed by atoms with Crippen LogP contribution in [-0.4, -0.2) is 12.5 Å². The summed E-state index contributed by atoms with van der Waals surface area (Å²) in [7, 11) is 0. The lowest BCUT2D eigenvalue weighted by Crippen LogP contribution is -2.25. The third-order valence-corrected chi connectivity index (χ3v) is 3.20. The fraction of sp³-hybridized carbons (Fsp3) is 0.118. The van der Waals surface area contributed by atoms with Gasteiger partial charge in [0.2, 0.25) is 0 Å². The van der Waals surface area contributed by atoms with Crippen molar-refractivity contribution in [3.8, 4) is 18.1 Å². The molecule has 0 atom stereocenters. The van der Waals surface area contributed by atoms with Crippen molar-refractivity contribution in [3.05, 3.63) is 53.6 Å². The first-order valence-electron chi connectivity index (χ1n) is 6.61. The quantitative estimate of drug-likeness (QED) is 0.849. The molecule has 0 radical (unpaired) electrons. The van der Waals surface area contributed by atoms with Crippen molar-refractivity contribution in [1.82, 2.24) is 0 Å². The van der Waals surface area contributed by atoms with Crippen molar-refractivity contribution in [1.29, 1.82) is 0 Å². The Morgan fingerprint density at radius 3 is 3.05 bits per heavy atom. The van der Waals surface area contributed by atoms with Gasteiger partial charge in [-0.05, 0) is 35.9 Å². The number of rotatable bonds is 3. The van der Waals surface area contributed by atoms with E-state index in [1.165, 1.54) is 0 Å². The zero-order valence-electron chi connectivity index (χ0n) is 11.3. The third kappa shape index (κ3) is 2.98. The van der Waals surface area contributed by atoms with E-state index >= 15 is 0 Å². The second-order valence-corrected chi connectivity index (χ2v) is 4.75. The number of carbonyl (C=O) groups excluding carboxylic acids is 1. The van der Waals surface area contributed by atoms with Crippen LogP contribution in [0.2, 0.25) is 0 Å². The highest BCUT2D eigenvalue weighted by Gasteiger charge is 2.15. The number of hydrogen-bond donors (Lipinski definition) is 2. The van der Waals surface area contributed by atoms with Crippen LogP contribution < -0.4 is 15.4 Å². The zero-order valence-corrected chi connectivity index (χ0v) is 11.3. The number of ether oxygens (including phenoxy) is 1. The van der Waals surface area contributed by atoms with Crippen molar-refractivity contribution in [2.45, 2.75) is 6.54 Å². The van der Waals surface area contributed by atoms with Crippen LogP contribution in [0.4, 0.5) is 11.4 Å². The molecule has 1 heterocycles. The number of nitrogens with one attached hydrogen (secondary N) is 2. The highest BCUT2D eigenvalue weighted by Crippen LogP contribution is 2.28. The number of benzene rings is 2. The lowest BCUT2D eigenvalue weighted by Gasteiger charge is -2.18. The number of hydrogen-bond acceptors (Lipinski definition) is 3. The molecule has 0 spiro atoms. The van der Waals surface area contributed by atoms with Crippen molar-refractivity contribution >= 4 is 17.3 Å². The molecule has 3 rings (SSSR count). The van der Waals surface area contributed by atoms with Gasteiger partial charge in [-0.2, -0.15) is 0 Å². The number of terminal acetylenes is 1. The average Bonchev–Trinajstić information content (AvgIpc) is 2.52. The van der Waals surface area contributed by atoms with Crippen molar-refractivity contribution in [2.75, 3.05) is 17.2 Å². The smallest absolute Gasteiger partial charge is 0.262 e. The van der Waals surface area contributed by atoms with Gasteiger partial charge in [0.15, 0.2) is 6.61 Å². The Morgan fingerprint density at radius 2 is 2.19 bits per heavy atom. The van der Waals surface area contributed by atoms with E-state index in [1.54, 1.807) is 0 Å². The largest absolute Gasteiger partial charge is 0.482 e. The topological polar surface area (TPSA) is 50.4 Å². The third-order valence-electron chi connectivity index (χ3n) is 3.20. The summed E-state index contributed by atoms with van der Waals surface area (Å²) >= 11 is 0. The molecule has 104 valence electrons. The summed E-state index contributed by atoms with van der Waals surface area (Å²) in [5.74, 6) is 3.18. The molecule has 21 heavy (non-hydrogen) atoms. The fourth-order valence-corrected chi connectivity index (χ4v) is 2.16. The van der Waals surface area contributed by atoms with E-state index in [0.29, 0.717) is 18.0 Å². The van der Waals surface area contributed by atoms with E-state index in [0.717, 1.165) is 16.8 Å². The van der Waals surface area contributed by atoms with Crippen molar-refractivity contribution in [2.24, 2.45) is 0 Å². The molecule has 2 aromatic rings. The minimum absolute atomic E-state index is 0.0729. The van der Waals surface area contributed by atoms with Crippen LogP contribution >= 0.6 is 0 Å². The molecule has 2 N–H and O–H groups in total. The number of fused-ring (bicyclic) bond motifs is 1. The van der Waals surface area contributed by atoms with Crippen LogP contribution in [-0.2, 0) is 11.3 Å². The van der Waals surface area contributed by atoms with E-state index in [4.69, 9.17) is 11.2 Å². The highest BCUT2D eigenvalue weighted by molar-refractivity contribution is 5.95. The molecule has 1 amide bonds. The number of anilines is 2. The van der Waals surface area contributed by atoms with Crippen LogP contribution in [0.25, 0.3) is 0 Å². The van der Waals surface area contributed by atoms with Gasteiger partial charge in [-0.25, -0.2) is 0 Å². The Kier molecular flexibility index (Phi) is 3.48. The highest BCUT2D eigenvalue weighted by atomic mass is 16.5. The molecule has 0 aromatic heterocycles. The summed E-state index contributed by atoms with van der Waals surface area (Å²) in [6, 6.07) is 13.4. The van der Waals surface area contributed by atoms with E-state index in [1.807, 2.05) is 42.5 Å². The lowest BCUT2D eigenvalue weighted by atomic mass is 10.1. The molecule has 0 aliphatic carbocycles. The van der Waals surface area contributed by atoms with Gasteiger partial charge in [0.25, 0.3) is 5.91 Å². The Hall–Kier alpha value is -2.93. The summed E-state index contributed by atoms with van der Waals surface area (Å²) in [6.07, 6.45) is 5.38. The minimum atomic E-state index is -0.130. The molecular formula is C17H14N2O2. The summed E-state index contributed by atoms with van der Waals surface area (Å²) in [5, 5.41) is 6.10. The summed E-state index contributed by atoms with van der Waals surface area (Å²) in [5.41, 5.74) is 3.56. The maximum absolute atomic E-state index is 11.3. The van der Waals surface area contributed by atoms with Gasteiger partial charge in [0, 0.05) is 17.8 Å².